The van der Waals surface area contributed by atoms with Crippen molar-refractivity contribution in [1.29, 1.82) is 0 Å². The molecule has 0 amide bonds. The fourth-order valence-corrected chi connectivity index (χ4v) is 8.68. The van der Waals surface area contributed by atoms with Gasteiger partial charge in [0.15, 0.2) is 0 Å². The second-order valence-corrected chi connectivity index (χ2v) is 11.4. The van der Waals surface area contributed by atoms with Crippen LogP contribution in [-0.4, -0.2) is 16.4 Å². The van der Waals surface area contributed by atoms with Crippen molar-refractivity contribution in [3.63, 3.8) is 0 Å². The van der Waals surface area contributed by atoms with Gasteiger partial charge in [0.2, 0.25) is 10.9 Å². The van der Waals surface area contributed by atoms with Crippen LogP contribution in [0.15, 0.2) is 120 Å². The summed E-state index contributed by atoms with van der Waals surface area (Å²) < 4.78 is 6.14. The SMILES string of the molecule is Cc1ccc(C2=NC(=P(c3ccccc3)(c3ccccc3)c3ccccc3)C(=S)O2)cc1. The standard InChI is InChI=1S/C28H22NOPS/c1-21-17-19-22(20-18-21)26-29-27(28(32)30-26)31(23-11-5-2-6-12-23,24-13-7-3-8-14-24)25-15-9-4-10-16-25/h2-20H,1H3. The molecule has 0 aromatic heterocycles. The molecule has 4 aromatic rings. The second-order valence-electron chi connectivity index (χ2n) is 7.67. The molecule has 2 nitrogen and oxygen atoms in total. The van der Waals surface area contributed by atoms with E-state index >= 15 is 0 Å². The van der Waals surface area contributed by atoms with Gasteiger partial charge in [-0.1, -0.05) is 109 Å². The molecule has 0 aliphatic carbocycles. The lowest BCUT2D eigenvalue weighted by molar-refractivity contribution is 0.583. The summed E-state index contributed by atoms with van der Waals surface area (Å²) in [5.74, 6) is 0.567. The van der Waals surface area contributed by atoms with Crippen molar-refractivity contribution < 1.29 is 4.74 Å². The molecule has 0 unspecified atom stereocenters. The van der Waals surface area contributed by atoms with Crippen molar-refractivity contribution in [1.82, 2.24) is 0 Å². The van der Waals surface area contributed by atoms with Crippen LogP contribution >= 0.6 is 19.1 Å². The minimum Gasteiger partial charge on any atom is -0.424 e. The first-order valence-electron chi connectivity index (χ1n) is 10.5. The Kier molecular flexibility index (Phi) is 5.61. The Morgan fingerprint density at radius 1 is 0.625 bits per heavy atom. The summed E-state index contributed by atoms with van der Waals surface area (Å²) in [4.78, 5) is 5.09. The Labute approximate surface area is 194 Å². The van der Waals surface area contributed by atoms with Crippen molar-refractivity contribution in [2.75, 3.05) is 0 Å². The lowest BCUT2D eigenvalue weighted by atomic mass is 10.1. The first-order valence-corrected chi connectivity index (χ1v) is 12.7. The minimum absolute atomic E-state index is 0.450. The van der Waals surface area contributed by atoms with Gasteiger partial charge in [0.05, 0.1) is 0 Å². The molecule has 0 saturated carbocycles. The molecule has 1 heterocycles. The van der Waals surface area contributed by atoms with E-state index in [-0.39, 0.29) is 0 Å². The molecule has 4 heteroatoms. The van der Waals surface area contributed by atoms with E-state index in [2.05, 4.69) is 91.9 Å². The molecular weight excluding hydrogens is 429 g/mol. The molecule has 0 bridgehead atoms. The summed E-state index contributed by atoms with van der Waals surface area (Å²) in [5, 5.41) is 4.05. The molecule has 0 saturated heterocycles. The molecule has 0 atom stereocenters. The monoisotopic (exact) mass is 451 g/mol. The van der Waals surface area contributed by atoms with Crippen LogP contribution < -0.4 is 15.9 Å². The molecule has 1 aliphatic rings. The van der Waals surface area contributed by atoms with Crippen LogP contribution in [0.3, 0.4) is 0 Å². The van der Waals surface area contributed by atoms with Crippen LogP contribution in [-0.2, 0) is 4.74 Å². The molecule has 1 aliphatic heterocycles. The zero-order chi connectivity index (χ0) is 22.0. The molecule has 156 valence electrons. The molecule has 0 N–H and O–H groups in total. The lowest BCUT2D eigenvalue weighted by Crippen LogP contribution is -2.31. The maximum atomic E-state index is 6.14. The maximum Gasteiger partial charge on any atom is 0.228 e. The highest BCUT2D eigenvalue weighted by atomic mass is 32.1. The van der Waals surface area contributed by atoms with Crippen LogP contribution in [0.4, 0.5) is 0 Å². The van der Waals surface area contributed by atoms with Crippen molar-refractivity contribution in [2.45, 2.75) is 6.92 Å². The topological polar surface area (TPSA) is 21.6 Å². The van der Waals surface area contributed by atoms with Crippen LogP contribution in [0.2, 0.25) is 0 Å². The highest BCUT2D eigenvalue weighted by molar-refractivity contribution is 7.98. The van der Waals surface area contributed by atoms with Crippen LogP contribution in [0, 0.1) is 6.92 Å². The van der Waals surface area contributed by atoms with Crippen molar-refractivity contribution >= 4 is 51.4 Å². The summed E-state index contributed by atoms with van der Waals surface area (Å²) in [6, 6.07) is 39.9. The zero-order valence-electron chi connectivity index (χ0n) is 17.7. The maximum absolute atomic E-state index is 6.14. The van der Waals surface area contributed by atoms with Gasteiger partial charge in [0, 0.05) is 12.4 Å². The van der Waals surface area contributed by atoms with Gasteiger partial charge in [-0.25, -0.2) is 4.99 Å². The Hall–Kier alpha value is -3.26. The van der Waals surface area contributed by atoms with Gasteiger partial charge >= 0.3 is 0 Å². The van der Waals surface area contributed by atoms with Crippen LogP contribution in [0.25, 0.3) is 0 Å². The third-order valence-electron chi connectivity index (χ3n) is 5.63. The quantitative estimate of drug-likeness (QED) is 0.313. The number of thiocarbonyl (C=S) groups is 1. The summed E-state index contributed by atoms with van der Waals surface area (Å²) in [7, 11) is 0. The van der Waals surface area contributed by atoms with Gasteiger partial charge in [-0.15, -0.1) is 0 Å². The largest absolute Gasteiger partial charge is 0.424 e. The van der Waals surface area contributed by atoms with Crippen molar-refractivity contribution in [3.8, 4) is 0 Å². The Morgan fingerprint density at radius 3 is 1.50 bits per heavy atom. The smallest absolute Gasteiger partial charge is 0.228 e. The Morgan fingerprint density at radius 2 is 1.06 bits per heavy atom. The fourth-order valence-electron chi connectivity index (χ4n) is 4.10. The number of rotatable bonds is 4. The predicted octanol–water partition coefficient (Wildman–Crippen LogP) is 5.22. The molecule has 4 aromatic carbocycles. The molecule has 5 rings (SSSR count). The zero-order valence-corrected chi connectivity index (χ0v) is 19.4. The molecular formula is C28H22NOPS. The molecule has 32 heavy (non-hydrogen) atoms. The average molecular weight is 452 g/mol. The van der Waals surface area contributed by atoms with Gasteiger partial charge in [-0.2, -0.15) is 0 Å². The van der Waals surface area contributed by atoms with E-state index in [1.165, 1.54) is 21.5 Å². The van der Waals surface area contributed by atoms with Gasteiger partial charge in [0.1, 0.15) is 5.42 Å². The van der Waals surface area contributed by atoms with Gasteiger partial charge < -0.3 is 4.74 Å². The normalized spacial score (nSPS) is 13.6. The van der Waals surface area contributed by atoms with E-state index < -0.39 is 6.89 Å². The van der Waals surface area contributed by atoms with E-state index in [0.717, 1.165) is 11.0 Å². The number of aryl methyl sites for hydroxylation is 1. The average Bonchev–Trinajstić information content (AvgIpc) is 3.24. The van der Waals surface area contributed by atoms with Crippen molar-refractivity contribution in [3.05, 3.63) is 126 Å². The lowest BCUT2D eigenvalue weighted by Gasteiger charge is -2.29. The van der Waals surface area contributed by atoms with E-state index in [0.29, 0.717) is 10.9 Å². The molecule has 0 radical (unpaired) electrons. The highest BCUT2D eigenvalue weighted by Crippen LogP contribution is 2.47. The highest BCUT2D eigenvalue weighted by Gasteiger charge is 2.36. The number of hydrogen-bond donors (Lipinski definition) is 0. The second kappa shape index (κ2) is 8.70. The van der Waals surface area contributed by atoms with E-state index in [9.17, 15) is 0 Å². The van der Waals surface area contributed by atoms with Gasteiger partial charge in [-0.05, 0) is 47.2 Å². The predicted molar refractivity (Wildman–Crippen MR) is 142 cm³/mol. The Balaban J connectivity index is 1.91. The van der Waals surface area contributed by atoms with E-state index in [1.807, 2.05) is 30.3 Å². The molecule has 0 fully saturated rings. The number of benzene rings is 4. The number of hydrogen-bond acceptors (Lipinski definition) is 2. The Bertz CT molecular complexity index is 1240. The minimum atomic E-state index is -2.36. The van der Waals surface area contributed by atoms with Crippen molar-refractivity contribution in [2.24, 2.45) is 4.99 Å². The summed E-state index contributed by atoms with van der Waals surface area (Å²) in [6.07, 6.45) is 0. The first-order chi connectivity index (χ1) is 15.7. The van der Waals surface area contributed by atoms with Gasteiger partial charge in [0.25, 0.3) is 0 Å². The van der Waals surface area contributed by atoms with Crippen LogP contribution in [0.5, 0.6) is 0 Å². The third kappa shape index (κ3) is 3.54. The number of ether oxygens (including phenoxy) is 1. The van der Waals surface area contributed by atoms with E-state index in [1.54, 1.807) is 0 Å². The number of aliphatic imine (C=N–C) groups is 1. The third-order valence-corrected chi connectivity index (χ3v) is 10.2. The number of nitrogens with zero attached hydrogens (tertiary/aromatic N) is 1. The molecule has 0 spiro atoms. The fraction of sp³-hybridized carbons (Fsp3) is 0.0357. The van der Waals surface area contributed by atoms with Gasteiger partial charge in [-0.3, -0.25) is 0 Å². The first kappa shape index (κ1) is 20.6. The van der Waals surface area contributed by atoms with Crippen LogP contribution in [0.1, 0.15) is 11.1 Å². The summed E-state index contributed by atoms with van der Waals surface area (Å²) >= 11 is 5.85. The summed E-state index contributed by atoms with van der Waals surface area (Å²) in [5.41, 5.74) is 2.96. The summed E-state index contributed by atoms with van der Waals surface area (Å²) in [6.45, 7) is -0.292. The van der Waals surface area contributed by atoms with E-state index in [4.69, 9.17) is 21.9 Å².